The molecule has 7 heteroatoms. The molecule has 0 bridgehead atoms. The molecule has 0 aromatic heterocycles. The number of carbonyl (C=O) groups excluding carboxylic acids is 1. The Hall–Kier alpha value is -2.13. The maximum atomic E-state index is 12.4. The Bertz CT molecular complexity index is 829. The van der Waals surface area contributed by atoms with Gasteiger partial charge in [-0.05, 0) is 29.7 Å². The van der Waals surface area contributed by atoms with Crippen LogP contribution >= 0.6 is 24.0 Å². The largest absolute Gasteiger partial charge is 0.457 e. The molecule has 0 saturated carbocycles. The van der Waals surface area contributed by atoms with Gasteiger partial charge in [0.2, 0.25) is 0 Å². The predicted molar refractivity (Wildman–Crippen MR) is 129 cm³/mol. The fraction of sp³-hybridized carbons (Fsp3) is 0.391. The Morgan fingerprint density at radius 3 is 2.67 bits per heavy atom. The SMILES string of the molecule is CN=C(NCc1cccc(C(=O)OCc2ccccc2)c1)N1CCC(COC)C1.I. The summed E-state index contributed by atoms with van der Waals surface area (Å²) in [5, 5.41) is 3.40. The van der Waals surface area contributed by atoms with Crippen LogP contribution in [0, 0.1) is 5.92 Å². The number of ether oxygens (including phenoxy) is 2. The molecule has 2 aromatic carbocycles. The molecule has 0 aliphatic carbocycles. The lowest BCUT2D eigenvalue weighted by Crippen LogP contribution is -2.39. The van der Waals surface area contributed by atoms with Crippen molar-refractivity contribution in [1.82, 2.24) is 10.2 Å². The zero-order valence-electron chi connectivity index (χ0n) is 17.5. The number of guanidine groups is 1. The second-order valence-electron chi connectivity index (χ2n) is 7.22. The van der Waals surface area contributed by atoms with Crippen LogP contribution in [0.5, 0.6) is 0 Å². The van der Waals surface area contributed by atoms with Crippen molar-refractivity contribution in [1.29, 1.82) is 0 Å². The molecule has 1 aliphatic rings. The lowest BCUT2D eigenvalue weighted by Gasteiger charge is -2.21. The van der Waals surface area contributed by atoms with Crippen LogP contribution in [0.2, 0.25) is 0 Å². The van der Waals surface area contributed by atoms with E-state index < -0.39 is 0 Å². The number of hydrogen-bond acceptors (Lipinski definition) is 4. The van der Waals surface area contributed by atoms with Gasteiger partial charge in [0.05, 0.1) is 12.2 Å². The Kier molecular flexibility index (Phi) is 10.1. The number of nitrogens with one attached hydrogen (secondary N) is 1. The monoisotopic (exact) mass is 523 g/mol. The second-order valence-corrected chi connectivity index (χ2v) is 7.22. The van der Waals surface area contributed by atoms with E-state index in [0.29, 0.717) is 18.0 Å². The molecule has 30 heavy (non-hydrogen) atoms. The Balaban J connectivity index is 0.00000320. The zero-order valence-corrected chi connectivity index (χ0v) is 19.9. The lowest BCUT2D eigenvalue weighted by atomic mass is 10.1. The predicted octanol–water partition coefficient (Wildman–Crippen LogP) is 3.71. The van der Waals surface area contributed by atoms with Gasteiger partial charge in [0.25, 0.3) is 0 Å². The van der Waals surface area contributed by atoms with E-state index in [-0.39, 0.29) is 36.6 Å². The van der Waals surface area contributed by atoms with Crippen molar-refractivity contribution in [2.45, 2.75) is 19.6 Å². The minimum atomic E-state index is -0.318. The summed E-state index contributed by atoms with van der Waals surface area (Å²) >= 11 is 0. The number of halogens is 1. The van der Waals surface area contributed by atoms with Gasteiger partial charge in [-0.1, -0.05) is 42.5 Å². The highest BCUT2D eigenvalue weighted by Crippen LogP contribution is 2.16. The lowest BCUT2D eigenvalue weighted by molar-refractivity contribution is 0.0472. The van der Waals surface area contributed by atoms with Crippen LogP contribution in [0.1, 0.15) is 27.9 Å². The van der Waals surface area contributed by atoms with E-state index in [4.69, 9.17) is 9.47 Å². The quantitative estimate of drug-likeness (QED) is 0.260. The fourth-order valence-electron chi connectivity index (χ4n) is 3.52. The number of methoxy groups -OCH3 is 1. The van der Waals surface area contributed by atoms with Gasteiger partial charge in [-0.25, -0.2) is 4.79 Å². The molecule has 0 spiro atoms. The zero-order chi connectivity index (χ0) is 20.5. The fourth-order valence-corrected chi connectivity index (χ4v) is 3.52. The van der Waals surface area contributed by atoms with Crippen molar-refractivity contribution in [3.63, 3.8) is 0 Å². The molecular formula is C23H30IN3O3. The first kappa shape index (κ1) is 24.1. The number of rotatable bonds is 7. The molecule has 1 saturated heterocycles. The molecule has 1 fully saturated rings. The summed E-state index contributed by atoms with van der Waals surface area (Å²) in [4.78, 5) is 19.0. The smallest absolute Gasteiger partial charge is 0.338 e. The second kappa shape index (κ2) is 12.5. The van der Waals surface area contributed by atoms with E-state index in [1.165, 1.54) is 0 Å². The van der Waals surface area contributed by atoms with Crippen molar-refractivity contribution >= 4 is 35.9 Å². The van der Waals surface area contributed by atoms with Crippen molar-refractivity contribution in [2.75, 3.05) is 33.9 Å². The summed E-state index contributed by atoms with van der Waals surface area (Å²) in [7, 11) is 3.54. The van der Waals surface area contributed by atoms with E-state index in [1.807, 2.05) is 48.5 Å². The summed E-state index contributed by atoms with van der Waals surface area (Å²) in [6, 6.07) is 17.2. The normalized spacial score (nSPS) is 16.1. The summed E-state index contributed by atoms with van der Waals surface area (Å²) < 4.78 is 10.7. The molecule has 1 N–H and O–H groups in total. The third kappa shape index (κ3) is 6.98. The van der Waals surface area contributed by atoms with Crippen LogP contribution in [-0.4, -0.2) is 50.7 Å². The van der Waals surface area contributed by atoms with Crippen LogP contribution < -0.4 is 5.32 Å². The summed E-state index contributed by atoms with van der Waals surface area (Å²) in [5.41, 5.74) is 2.53. The number of likely N-dealkylation sites (tertiary alicyclic amines) is 1. The number of carbonyl (C=O) groups is 1. The molecule has 1 unspecified atom stereocenters. The van der Waals surface area contributed by atoms with Crippen LogP contribution in [0.4, 0.5) is 0 Å². The Morgan fingerprint density at radius 2 is 1.93 bits per heavy atom. The van der Waals surface area contributed by atoms with Gasteiger partial charge in [-0.2, -0.15) is 0 Å². The average Bonchev–Trinajstić information content (AvgIpc) is 3.22. The molecule has 0 amide bonds. The third-order valence-electron chi connectivity index (χ3n) is 5.03. The third-order valence-corrected chi connectivity index (χ3v) is 5.03. The van der Waals surface area contributed by atoms with E-state index in [0.717, 1.165) is 43.2 Å². The van der Waals surface area contributed by atoms with Gasteiger partial charge in [-0.15, -0.1) is 24.0 Å². The molecule has 3 rings (SSSR count). The summed E-state index contributed by atoms with van der Waals surface area (Å²) in [6.45, 7) is 3.56. The van der Waals surface area contributed by atoms with Gasteiger partial charge < -0.3 is 19.7 Å². The van der Waals surface area contributed by atoms with Crippen molar-refractivity contribution in [3.8, 4) is 0 Å². The van der Waals surface area contributed by atoms with Gasteiger partial charge >= 0.3 is 5.97 Å². The molecule has 1 aliphatic heterocycles. The molecule has 162 valence electrons. The van der Waals surface area contributed by atoms with Crippen LogP contribution in [-0.2, 0) is 22.6 Å². The molecule has 1 atom stereocenters. The Labute approximate surface area is 195 Å². The van der Waals surface area contributed by atoms with E-state index in [2.05, 4.69) is 15.2 Å². The number of esters is 1. The first-order valence-electron chi connectivity index (χ1n) is 9.94. The number of nitrogens with zero attached hydrogens (tertiary/aromatic N) is 2. The van der Waals surface area contributed by atoms with Crippen LogP contribution in [0.25, 0.3) is 0 Å². The maximum Gasteiger partial charge on any atom is 0.338 e. The summed E-state index contributed by atoms with van der Waals surface area (Å²) in [6.07, 6.45) is 1.11. The van der Waals surface area contributed by atoms with Crippen LogP contribution in [0.15, 0.2) is 59.6 Å². The van der Waals surface area contributed by atoms with Gasteiger partial charge in [0.1, 0.15) is 6.61 Å². The molecule has 0 radical (unpaired) electrons. The molecule has 6 nitrogen and oxygen atoms in total. The van der Waals surface area contributed by atoms with Crippen LogP contribution in [0.3, 0.4) is 0 Å². The van der Waals surface area contributed by atoms with Gasteiger partial charge in [0, 0.05) is 39.7 Å². The summed E-state index contributed by atoms with van der Waals surface area (Å²) in [5.74, 6) is 1.10. The minimum Gasteiger partial charge on any atom is -0.457 e. The highest BCUT2D eigenvalue weighted by atomic mass is 127. The standard InChI is InChI=1S/C23H29N3O3.HI/c1-24-23(26-12-11-20(15-26)16-28-2)25-14-19-9-6-10-21(13-19)22(27)29-17-18-7-4-3-5-8-18;/h3-10,13,20H,11-12,14-17H2,1-2H3,(H,24,25);1H. The van der Waals surface area contributed by atoms with Gasteiger partial charge in [0.15, 0.2) is 5.96 Å². The highest BCUT2D eigenvalue weighted by Gasteiger charge is 2.24. The number of aliphatic imine (C=N–C) groups is 1. The van der Waals surface area contributed by atoms with E-state index in [9.17, 15) is 4.79 Å². The first-order valence-corrected chi connectivity index (χ1v) is 9.94. The average molecular weight is 523 g/mol. The highest BCUT2D eigenvalue weighted by molar-refractivity contribution is 14.0. The number of hydrogen-bond donors (Lipinski definition) is 1. The number of benzene rings is 2. The minimum absolute atomic E-state index is 0. The maximum absolute atomic E-state index is 12.4. The molecule has 2 aromatic rings. The van der Waals surface area contributed by atoms with Crippen molar-refractivity contribution < 1.29 is 14.3 Å². The van der Waals surface area contributed by atoms with E-state index in [1.54, 1.807) is 20.2 Å². The Morgan fingerprint density at radius 1 is 1.17 bits per heavy atom. The van der Waals surface area contributed by atoms with E-state index >= 15 is 0 Å². The van der Waals surface area contributed by atoms with Crippen molar-refractivity contribution in [3.05, 3.63) is 71.3 Å². The molecular weight excluding hydrogens is 493 g/mol. The first-order chi connectivity index (χ1) is 14.2. The van der Waals surface area contributed by atoms with Crippen molar-refractivity contribution in [2.24, 2.45) is 10.9 Å². The molecule has 1 heterocycles. The van der Waals surface area contributed by atoms with Gasteiger partial charge in [-0.3, -0.25) is 4.99 Å². The topological polar surface area (TPSA) is 63.2 Å².